The number of halogens is 2. The maximum atomic E-state index is 14.2. The van der Waals surface area contributed by atoms with Crippen molar-refractivity contribution in [3.05, 3.63) is 70.3 Å². The van der Waals surface area contributed by atoms with E-state index in [-0.39, 0.29) is 17.2 Å². The number of aromatic nitrogens is 2. The lowest BCUT2D eigenvalue weighted by atomic mass is 10.2. The molecule has 0 radical (unpaired) electrons. The summed E-state index contributed by atoms with van der Waals surface area (Å²) < 4.78 is 20.6. The Bertz CT molecular complexity index is 1150. The molecule has 0 saturated heterocycles. The standard InChI is InChI=1S/C19H9ClFN3OS/c20-13-4-2-12(3-5-13)18-23-15-7-8-26-17(15)19(24-18)25-16-6-1-11(10-22)9-14(16)21/h1-9H. The third-order valence-electron chi connectivity index (χ3n) is 3.64. The largest absolute Gasteiger partial charge is 0.434 e. The van der Waals surface area contributed by atoms with Crippen LogP contribution in [0, 0.1) is 17.1 Å². The van der Waals surface area contributed by atoms with Crippen LogP contribution in [0.2, 0.25) is 5.02 Å². The Hall–Kier alpha value is -3.01. The molecule has 2 aromatic carbocycles. The number of ether oxygens (including phenoxy) is 1. The highest BCUT2D eigenvalue weighted by atomic mass is 35.5. The minimum atomic E-state index is -0.625. The van der Waals surface area contributed by atoms with Crippen molar-refractivity contribution in [3.63, 3.8) is 0 Å². The summed E-state index contributed by atoms with van der Waals surface area (Å²) in [5.41, 5.74) is 1.70. The summed E-state index contributed by atoms with van der Waals surface area (Å²) in [6.45, 7) is 0. The van der Waals surface area contributed by atoms with Crippen LogP contribution in [0.25, 0.3) is 21.6 Å². The number of rotatable bonds is 3. The van der Waals surface area contributed by atoms with Gasteiger partial charge in [0.05, 0.1) is 17.1 Å². The fraction of sp³-hybridized carbons (Fsp3) is 0. The first-order valence-electron chi connectivity index (χ1n) is 7.53. The van der Waals surface area contributed by atoms with Crippen LogP contribution in [0.15, 0.2) is 53.9 Å². The highest BCUT2D eigenvalue weighted by molar-refractivity contribution is 7.17. The average molecular weight is 382 g/mol. The summed E-state index contributed by atoms with van der Waals surface area (Å²) in [6.07, 6.45) is 0. The SMILES string of the molecule is N#Cc1ccc(Oc2nc(-c3ccc(Cl)cc3)nc3ccsc23)c(F)c1. The van der Waals surface area contributed by atoms with Crippen molar-refractivity contribution in [2.75, 3.05) is 0 Å². The van der Waals surface area contributed by atoms with E-state index in [4.69, 9.17) is 21.6 Å². The lowest BCUT2D eigenvalue weighted by Gasteiger charge is -2.09. The molecule has 126 valence electrons. The van der Waals surface area contributed by atoms with Gasteiger partial charge >= 0.3 is 0 Å². The van der Waals surface area contributed by atoms with Crippen LogP contribution in [0.4, 0.5) is 4.39 Å². The van der Waals surface area contributed by atoms with Crippen LogP contribution in [0.3, 0.4) is 0 Å². The number of hydrogen-bond donors (Lipinski definition) is 0. The van der Waals surface area contributed by atoms with E-state index >= 15 is 0 Å². The van der Waals surface area contributed by atoms with Gasteiger partial charge in [0, 0.05) is 10.6 Å². The zero-order valence-corrected chi connectivity index (χ0v) is 14.7. The van der Waals surface area contributed by atoms with Crippen molar-refractivity contribution in [1.29, 1.82) is 5.26 Å². The van der Waals surface area contributed by atoms with Crippen LogP contribution in [0.1, 0.15) is 5.56 Å². The molecule has 4 rings (SSSR count). The summed E-state index contributed by atoms with van der Waals surface area (Å²) in [5, 5.41) is 11.3. The molecule has 2 heterocycles. The summed E-state index contributed by atoms with van der Waals surface area (Å²) in [7, 11) is 0. The molecule has 0 aliphatic rings. The molecule has 0 aliphatic carbocycles. The quantitative estimate of drug-likeness (QED) is 0.449. The lowest BCUT2D eigenvalue weighted by Crippen LogP contribution is -1.96. The number of hydrogen-bond acceptors (Lipinski definition) is 5. The van der Waals surface area contributed by atoms with Crippen molar-refractivity contribution in [1.82, 2.24) is 9.97 Å². The number of benzene rings is 2. The molecule has 7 heteroatoms. The Morgan fingerprint density at radius 2 is 1.88 bits per heavy atom. The van der Waals surface area contributed by atoms with Crippen LogP contribution >= 0.6 is 22.9 Å². The second kappa shape index (κ2) is 6.71. The third-order valence-corrected chi connectivity index (χ3v) is 4.79. The van der Waals surface area contributed by atoms with Crippen molar-refractivity contribution in [3.8, 4) is 29.1 Å². The highest BCUT2D eigenvalue weighted by Gasteiger charge is 2.15. The van der Waals surface area contributed by atoms with Gasteiger partial charge in [0.1, 0.15) is 4.70 Å². The number of thiophene rings is 1. The van der Waals surface area contributed by atoms with E-state index in [0.29, 0.717) is 21.1 Å². The monoisotopic (exact) mass is 381 g/mol. The minimum absolute atomic E-state index is 0.000504. The van der Waals surface area contributed by atoms with Crippen LogP contribution in [-0.4, -0.2) is 9.97 Å². The van der Waals surface area contributed by atoms with Gasteiger partial charge in [-0.2, -0.15) is 10.2 Å². The van der Waals surface area contributed by atoms with Crippen molar-refractivity contribution < 1.29 is 9.13 Å². The third kappa shape index (κ3) is 3.10. The summed E-state index contributed by atoms with van der Waals surface area (Å²) >= 11 is 7.34. The molecule has 0 unspecified atom stereocenters. The molecule has 0 fully saturated rings. The van der Waals surface area contributed by atoms with Gasteiger partial charge in [-0.25, -0.2) is 9.37 Å². The molecule has 0 amide bonds. The summed E-state index contributed by atoms with van der Waals surface area (Å²) in [4.78, 5) is 8.98. The molecule has 0 atom stereocenters. The zero-order chi connectivity index (χ0) is 18.1. The Morgan fingerprint density at radius 1 is 1.08 bits per heavy atom. The van der Waals surface area contributed by atoms with E-state index in [0.717, 1.165) is 11.6 Å². The van der Waals surface area contributed by atoms with Crippen LogP contribution < -0.4 is 4.74 Å². The maximum Gasteiger partial charge on any atom is 0.241 e. The Kier molecular flexibility index (Phi) is 4.25. The molecule has 4 aromatic rings. The van der Waals surface area contributed by atoms with Crippen molar-refractivity contribution in [2.45, 2.75) is 0 Å². The van der Waals surface area contributed by atoms with E-state index in [9.17, 15) is 4.39 Å². The van der Waals surface area contributed by atoms with Crippen LogP contribution in [0.5, 0.6) is 11.6 Å². The minimum Gasteiger partial charge on any atom is -0.434 e. The molecule has 2 aromatic heterocycles. The number of nitrogens with zero attached hydrogens (tertiary/aromatic N) is 3. The average Bonchev–Trinajstić information content (AvgIpc) is 3.13. The number of nitriles is 1. The summed E-state index contributed by atoms with van der Waals surface area (Å²) in [6, 6.07) is 14.9. The molecular weight excluding hydrogens is 373 g/mol. The fourth-order valence-corrected chi connectivity index (χ4v) is 3.27. The molecule has 0 spiro atoms. The first kappa shape index (κ1) is 16.5. The fourth-order valence-electron chi connectivity index (χ4n) is 2.39. The van der Waals surface area contributed by atoms with E-state index in [1.807, 2.05) is 29.6 Å². The van der Waals surface area contributed by atoms with Gasteiger partial charge in [-0.15, -0.1) is 11.3 Å². The number of fused-ring (bicyclic) bond motifs is 1. The van der Waals surface area contributed by atoms with E-state index in [1.54, 1.807) is 12.1 Å². The van der Waals surface area contributed by atoms with E-state index in [1.165, 1.54) is 23.5 Å². The molecule has 0 saturated carbocycles. The Morgan fingerprint density at radius 3 is 2.62 bits per heavy atom. The topological polar surface area (TPSA) is 58.8 Å². The van der Waals surface area contributed by atoms with E-state index in [2.05, 4.69) is 9.97 Å². The van der Waals surface area contributed by atoms with Gasteiger partial charge in [0.2, 0.25) is 5.88 Å². The Balaban J connectivity index is 1.80. The predicted molar refractivity (Wildman–Crippen MR) is 99.1 cm³/mol. The van der Waals surface area contributed by atoms with Gasteiger partial charge in [-0.1, -0.05) is 11.6 Å². The highest BCUT2D eigenvalue weighted by Crippen LogP contribution is 2.34. The second-order valence-corrected chi connectivity index (χ2v) is 6.71. The van der Waals surface area contributed by atoms with Gasteiger partial charge < -0.3 is 4.74 Å². The second-order valence-electron chi connectivity index (χ2n) is 5.35. The first-order chi connectivity index (χ1) is 12.6. The van der Waals surface area contributed by atoms with Gasteiger partial charge in [0.15, 0.2) is 17.4 Å². The zero-order valence-electron chi connectivity index (χ0n) is 13.1. The van der Waals surface area contributed by atoms with Crippen LogP contribution in [-0.2, 0) is 0 Å². The normalized spacial score (nSPS) is 10.7. The summed E-state index contributed by atoms with van der Waals surface area (Å²) in [5.74, 6) is 0.0926. The van der Waals surface area contributed by atoms with Crippen molar-refractivity contribution >= 4 is 33.2 Å². The smallest absolute Gasteiger partial charge is 0.241 e. The molecule has 4 nitrogen and oxygen atoms in total. The maximum absolute atomic E-state index is 14.2. The molecular formula is C19H9ClFN3OS. The predicted octanol–water partition coefficient (Wildman–Crippen LogP) is 5.81. The molecule has 0 aliphatic heterocycles. The van der Waals surface area contributed by atoms with E-state index < -0.39 is 5.82 Å². The van der Waals surface area contributed by atoms with Crippen molar-refractivity contribution in [2.24, 2.45) is 0 Å². The lowest BCUT2D eigenvalue weighted by molar-refractivity contribution is 0.432. The molecule has 0 bridgehead atoms. The van der Waals surface area contributed by atoms with Gasteiger partial charge in [-0.3, -0.25) is 0 Å². The molecule has 0 N–H and O–H groups in total. The van der Waals surface area contributed by atoms with Gasteiger partial charge in [-0.05, 0) is 53.9 Å². The Labute approximate surface area is 157 Å². The van der Waals surface area contributed by atoms with Gasteiger partial charge in [0.25, 0.3) is 0 Å². The first-order valence-corrected chi connectivity index (χ1v) is 8.78. The molecule has 26 heavy (non-hydrogen) atoms.